The summed E-state index contributed by atoms with van der Waals surface area (Å²) in [5.74, 6) is -0.408. The number of aryl methyl sites for hydroxylation is 1. The van der Waals surface area contributed by atoms with Crippen LogP contribution < -0.4 is 0 Å². The van der Waals surface area contributed by atoms with Gasteiger partial charge in [0.25, 0.3) is 0 Å². The van der Waals surface area contributed by atoms with Crippen molar-refractivity contribution in [1.29, 1.82) is 0 Å². The molecule has 4 nitrogen and oxygen atoms in total. The van der Waals surface area contributed by atoms with E-state index in [1.807, 2.05) is 32.0 Å². The van der Waals surface area contributed by atoms with E-state index < -0.39 is 5.97 Å². The summed E-state index contributed by atoms with van der Waals surface area (Å²) in [5.41, 5.74) is 4.51. The lowest BCUT2D eigenvalue weighted by atomic mass is 10.0. The zero-order chi connectivity index (χ0) is 12.4. The van der Waals surface area contributed by atoms with Gasteiger partial charge in [-0.1, -0.05) is 18.2 Å². The van der Waals surface area contributed by atoms with Gasteiger partial charge in [-0.25, -0.2) is 4.79 Å². The van der Waals surface area contributed by atoms with Gasteiger partial charge < -0.3 is 4.74 Å². The number of carbonyl (C=O) groups is 1. The minimum absolute atomic E-state index is 0.364. The highest BCUT2D eigenvalue weighted by Gasteiger charge is 2.12. The number of ether oxygens (including phenoxy) is 1. The molecule has 2 aromatic rings. The Hall–Kier alpha value is -2.10. The molecule has 0 saturated heterocycles. The van der Waals surface area contributed by atoms with Gasteiger partial charge in [0.15, 0.2) is 0 Å². The molecule has 2 rings (SSSR count). The fourth-order valence-electron chi connectivity index (χ4n) is 1.70. The summed E-state index contributed by atoms with van der Waals surface area (Å²) >= 11 is 0. The van der Waals surface area contributed by atoms with Gasteiger partial charge in [0.2, 0.25) is 0 Å². The maximum absolute atomic E-state index is 11.3. The number of benzene rings is 1. The van der Waals surface area contributed by atoms with Crippen LogP contribution in [0.15, 0.2) is 24.3 Å². The SMILES string of the molecule is COC(=O)c1cc(-c2cccc(C)c2C)n[nH]1. The van der Waals surface area contributed by atoms with E-state index in [0.29, 0.717) is 5.69 Å². The second-order valence-electron chi connectivity index (χ2n) is 3.91. The summed E-state index contributed by atoms with van der Waals surface area (Å²) < 4.78 is 4.63. The first kappa shape index (κ1) is 11.4. The van der Waals surface area contributed by atoms with Crippen LogP contribution in [0.25, 0.3) is 11.3 Å². The predicted octanol–water partition coefficient (Wildman–Crippen LogP) is 2.48. The standard InChI is InChI=1S/C13H14N2O2/c1-8-5-4-6-10(9(8)2)11-7-12(15-14-11)13(16)17-3/h4-7H,1-3H3,(H,14,15). The Morgan fingerprint density at radius 1 is 1.35 bits per heavy atom. The largest absolute Gasteiger partial charge is 0.464 e. The smallest absolute Gasteiger partial charge is 0.356 e. The number of rotatable bonds is 2. The molecule has 0 fully saturated rings. The van der Waals surface area contributed by atoms with Gasteiger partial charge in [0.1, 0.15) is 5.69 Å². The minimum Gasteiger partial charge on any atom is -0.464 e. The third kappa shape index (κ3) is 2.06. The topological polar surface area (TPSA) is 55.0 Å². The normalized spacial score (nSPS) is 10.3. The van der Waals surface area contributed by atoms with Gasteiger partial charge in [-0.3, -0.25) is 5.10 Å². The van der Waals surface area contributed by atoms with Crippen molar-refractivity contribution < 1.29 is 9.53 Å². The van der Waals surface area contributed by atoms with Crippen molar-refractivity contribution in [1.82, 2.24) is 10.2 Å². The molecule has 1 heterocycles. The Bertz CT molecular complexity index is 558. The summed E-state index contributed by atoms with van der Waals surface area (Å²) in [6, 6.07) is 7.71. The number of H-pyrrole nitrogens is 1. The molecule has 17 heavy (non-hydrogen) atoms. The number of aromatic nitrogens is 2. The van der Waals surface area contributed by atoms with Gasteiger partial charge in [0, 0.05) is 5.56 Å². The van der Waals surface area contributed by atoms with Gasteiger partial charge in [-0.15, -0.1) is 0 Å². The molecular formula is C13H14N2O2. The first-order valence-corrected chi connectivity index (χ1v) is 5.34. The van der Waals surface area contributed by atoms with Crippen LogP contribution >= 0.6 is 0 Å². The van der Waals surface area contributed by atoms with Crippen molar-refractivity contribution >= 4 is 5.97 Å². The van der Waals surface area contributed by atoms with E-state index in [4.69, 9.17) is 0 Å². The third-order valence-corrected chi connectivity index (χ3v) is 2.86. The van der Waals surface area contributed by atoms with Gasteiger partial charge >= 0.3 is 5.97 Å². The first-order chi connectivity index (χ1) is 8.13. The van der Waals surface area contributed by atoms with Crippen LogP contribution in [0.2, 0.25) is 0 Å². The Labute approximate surface area is 99.6 Å². The maximum Gasteiger partial charge on any atom is 0.356 e. The minimum atomic E-state index is -0.408. The van der Waals surface area contributed by atoms with Gasteiger partial charge in [0.05, 0.1) is 12.8 Å². The zero-order valence-electron chi connectivity index (χ0n) is 10.1. The van der Waals surface area contributed by atoms with E-state index in [-0.39, 0.29) is 0 Å². The fraction of sp³-hybridized carbons (Fsp3) is 0.231. The average molecular weight is 230 g/mol. The Balaban J connectivity index is 2.44. The summed E-state index contributed by atoms with van der Waals surface area (Å²) in [4.78, 5) is 11.3. The molecule has 0 saturated carbocycles. The summed E-state index contributed by atoms with van der Waals surface area (Å²) in [6.07, 6.45) is 0. The highest BCUT2D eigenvalue weighted by molar-refractivity contribution is 5.88. The molecule has 0 aliphatic carbocycles. The number of nitrogens with zero attached hydrogens (tertiary/aromatic N) is 1. The summed E-state index contributed by atoms with van der Waals surface area (Å²) in [6.45, 7) is 4.09. The lowest BCUT2D eigenvalue weighted by Crippen LogP contribution is -2.00. The number of aromatic amines is 1. The van der Waals surface area contributed by atoms with E-state index >= 15 is 0 Å². The van der Waals surface area contributed by atoms with Crippen molar-refractivity contribution in [3.05, 3.63) is 41.1 Å². The molecule has 0 amide bonds. The maximum atomic E-state index is 11.3. The quantitative estimate of drug-likeness (QED) is 0.806. The van der Waals surface area contributed by atoms with Crippen LogP contribution in [0.4, 0.5) is 0 Å². The van der Waals surface area contributed by atoms with Crippen molar-refractivity contribution in [2.24, 2.45) is 0 Å². The second kappa shape index (κ2) is 4.41. The molecule has 0 unspecified atom stereocenters. The first-order valence-electron chi connectivity index (χ1n) is 5.34. The molecule has 4 heteroatoms. The van der Waals surface area contributed by atoms with Crippen LogP contribution in [0, 0.1) is 13.8 Å². The van der Waals surface area contributed by atoms with Gasteiger partial charge in [-0.2, -0.15) is 5.10 Å². The van der Waals surface area contributed by atoms with Crippen molar-refractivity contribution in [3.8, 4) is 11.3 Å². The number of esters is 1. The van der Waals surface area contributed by atoms with E-state index in [1.54, 1.807) is 6.07 Å². The monoisotopic (exact) mass is 230 g/mol. The molecule has 0 radical (unpaired) electrons. The molecule has 1 N–H and O–H groups in total. The van der Waals surface area contributed by atoms with Crippen LogP contribution in [0.3, 0.4) is 0 Å². The number of hydrogen-bond acceptors (Lipinski definition) is 3. The highest BCUT2D eigenvalue weighted by atomic mass is 16.5. The predicted molar refractivity (Wildman–Crippen MR) is 64.8 cm³/mol. The van der Waals surface area contributed by atoms with Crippen LogP contribution in [0.1, 0.15) is 21.6 Å². The number of methoxy groups -OCH3 is 1. The average Bonchev–Trinajstić information content (AvgIpc) is 2.81. The van der Waals surface area contributed by atoms with Crippen LogP contribution in [0.5, 0.6) is 0 Å². The zero-order valence-corrected chi connectivity index (χ0v) is 10.1. The molecule has 0 bridgehead atoms. The lowest BCUT2D eigenvalue weighted by molar-refractivity contribution is 0.0594. The van der Waals surface area contributed by atoms with Crippen molar-refractivity contribution in [3.63, 3.8) is 0 Å². The van der Waals surface area contributed by atoms with Crippen molar-refractivity contribution in [2.75, 3.05) is 7.11 Å². The Morgan fingerprint density at radius 2 is 2.12 bits per heavy atom. The van der Waals surface area contributed by atoms with E-state index in [0.717, 1.165) is 16.8 Å². The molecule has 1 aromatic carbocycles. The molecule has 0 aliphatic rings. The molecule has 1 aromatic heterocycles. The molecule has 0 atom stereocenters. The number of hydrogen-bond donors (Lipinski definition) is 1. The van der Waals surface area contributed by atoms with Crippen LogP contribution in [-0.4, -0.2) is 23.3 Å². The highest BCUT2D eigenvalue weighted by Crippen LogP contribution is 2.24. The molecule has 0 aliphatic heterocycles. The van der Waals surface area contributed by atoms with E-state index in [2.05, 4.69) is 14.9 Å². The van der Waals surface area contributed by atoms with Gasteiger partial charge in [-0.05, 0) is 31.0 Å². The molecule has 0 spiro atoms. The fourth-order valence-corrected chi connectivity index (χ4v) is 1.70. The lowest BCUT2D eigenvalue weighted by Gasteiger charge is -2.04. The van der Waals surface area contributed by atoms with E-state index in [9.17, 15) is 4.79 Å². The Morgan fingerprint density at radius 3 is 2.82 bits per heavy atom. The van der Waals surface area contributed by atoms with Crippen molar-refractivity contribution in [2.45, 2.75) is 13.8 Å². The van der Waals surface area contributed by atoms with Crippen LogP contribution in [-0.2, 0) is 4.74 Å². The summed E-state index contributed by atoms with van der Waals surface area (Å²) in [5, 5.41) is 6.81. The molecular weight excluding hydrogens is 216 g/mol. The molecule has 88 valence electrons. The second-order valence-corrected chi connectivity index (χ2v) is 3.91. The summed E-state index contributed by atoms with van der Waals surface area (Å²) in [7, 11) is 1.35. The van der Waals surface area contributed by atoms with E-state index in [1.165, 1.54) is 12.7 Å². The third-order valence-electron chi connectivity index (χ3n) is 2.86. The number of carbonyl (C=O) groups excluding carboxylic acids is 1. The Kier molecular flexibility index (Phi) is 2.95. The number of nitrogens with one attached hydrogen (secondary N) is 1.